The maximum absolute atomic E-state index is 12.3. The Morgan fingerprint density at radius 2 is 1.89 bits per heavy atom. The van der Waals surface area contributed by atoms with Crippen molar-refractivity contribution in [2.75, 3.05) is 31.0 Å². The second-order valence-electron chi connectivity index (χ2n) is 6.05. The number of urea groups is 1. The number of benzene rings is 2. The van der Waals surface area contributed by atoms with Crippen LogP contribution in [0, 0.1) is 0 Å². The molecule has 3 amide bonds. The smallest absolute Gasteiger partial charge is 0.319 e. The minimum absolute atomic E-state index is 0.0512. The van der Waals surface area contributed by atoms with Gasteiger partial charge < -0.3 is 25.0 Å². The molecule has 1 saturated heterocycles. The van der Waals surface area contributed by atoms with Gasteiger partial charge in [-0.3, -0.25) is 4.79 Å². The van der Waals surface area contributed by atoms with Crippen LogP contribution in [0.4, 0.5) is 16.2 Å². The lowest BCUT2D eigenvalue weighted by Crippen LogP contribution is -2.39. The van der Waals surface area contributed by atoms with Crippen LogP contribution in [0.5, 0.6) is 11.5 Å². The summed E-state index contributed by atoms with van der Waals surface area (Å²) in [6.45, 7) is 0.396. The molecule has 7 nitrogen and oxygen atoms in total. The normalized spacial score (nSPS) is 16.2. The van der Waals surface area contributed by atoms with Crippen LogP contribution in [0.1, 0.15) is 6.42 Å². The molecule has 0 aromatic heterocycles. The second kappa shape index (κ2) is 8.18. The molecular weight excluding hydrogens is 370 g/mol. The molecule has 8 heteroatoms. The van der Waals surface area contributed by atoms with E-state index < -0.39 is 6.03 Å². The number of nitrogens with zero attached hydrogens (tertiary/aromatic N) is 1. The monoisotopic (exact) mass is 389 g/mol. The van der Waals surface area contributed by atoms with Crippen LogP contribution in [0.3, 0.4) is 0 Å². The molecule has 2 aromatic carbocycles. The van der Waals surface area contributed by atoms with Crippen LogP contribution < -0.4 is 25.0 Å². The van der Waals surface area contributed by atoms with Crippen molar-refractivity contribution in [3.05, 3.63) is 47.5 Å². The third kappa shape index (κ3) is 4.43. The van der Waals surface area contributed by atoms with Gasteiger partial charge in [-0.1, -0.05) is 11.6 Å². The maximum atomic E-state index is 12.3. The Bertz CT molecular complexity index is 841. The summed E-state index contributed by atoms with van der Waals surface area (Å²) in [5, 5.41) is 6.17. The van der Waals surface area contributed by atoms with Gasteiger partial charge in [-0.15, -0.1) is 0 Å². The number of halogens is 1. The molecule has 0 aliphatic carbocycles. The molecule has 1 heterocycles. The van der Waals surface area contributed by atoms with Crippen molar-refractivity contribution in [3.8, 4) is 11.5 Å². The molecule has 2 N–H and O–H groups in total. The lowest BCUT2D eigenvalue weighted by molar-refractivity contribution is -0.117. The van der Waals surface area contributed by atoms with E-state index in [4.69, 9.17) is 21.1 Å². The number of anilines is 2. The summed E-state index contributed by atoms with van der Waals surface area (Å²) in [6, 6.07) is 11.4. The first-order valence-corrected chi connectivity index (χ1v) is 8.73. The highest BCUT2D eigenvalue weighted by Crippen LogP contribution is 2.29. The van der Waals surface area contributed by atoms with Gasteiger partial charge in [-0.25, -0.2) is 4.79 Å². The Morgan fingerprint density at radius 1 is 1.15 bits per heavy atom. The van der Waals surface area contributed by atoms with E-state index in [-0.39, 0.29) is 18.4 Å². The molecule has 0 radical (unpaired) electrons. The maximum Gasteiger partial charge on any atom is 0.319 e. The van der Waals surface area contributed by atoms with Gasteiger partial charge in [0.2, 0.25) is 5.91 Å². The van der Waals surface area contributed by atoms with Crippen molar-refractivity contribution >= 4 is 34.9 Å². The first kappa shape index (κ1) is 18.8. The Hall–Kier alpha value is -2.93. The lowest BCUT2D eigenvalue weighted by Gasteiger charge is -2.18. The first-order chi connectivity index (χ1) is 13.0. The quantitative estimate of drug-likeness (QED) is 0.822. The molecule has 0 bridgehead atoms. The van der Waals surface area contributed by atoms with Crippen LogP contribution in [-0.4, -0.2) is 38.7 Å². The summed E-state index contributed by atoms with van der Waals surface area (Å²) < 4.78 is 10.4. The number of carbonyl (C=O) groups is 2. The molecule has 3 rings (SSSR count). The van der Waals surface area contributed by atoms with Crippen LogP contribution in [-0.2, 0) is 4.79 Å². The zero-order valence-electron chi connectivity index (χ0n) is 15.0. The Morgan fingerprint density at radius 3 is 2.56 bits per heavy atom. The second-order valence-corrected chi connectivity index (χ2v) is 6.48. The molecule has 2 aromatic rings. The van der Waals surface area contributed by atoms with Crippen molar-refractivity contribution in [2.45, 2.75) is 12.5 Å². The molecule has 1 aliphatic heterocycles. The summed E-state index contributed by atoms with van der Waals surface area (Å²) in [7, 11) is 3.07. The van der Waals surface area contributed by atoms with E-state index in [0.717, 1.165) is 5.69 Å². The average molecular weight is 390 g/mol. The number of hydrogen-bond donors (Lipinski definition) is 2. The summed E-state index contributed by atoms with van der Waals surface area (Å²) in [4.78, 5) is 26.2. The third-order valence-corrected chi connectivity index (χ3v) is 4.51. The molecule has 0 saturated carbocycles. The summed E-state index contributed by atoms with van der Waals surface area (Å²) in [6.07, 6.45) is 0.232. The van der Waals surface area contributed by atoms with Gasteiger partial charge in [0, 0.05) is 29.7 Å². The number of methoxy groups -OCH3 is 2. The van der Waals surface area contributed by atoms with Crippen molar-refractivity contribution in [3.63, 3.8) is 0 Å². The van der Waals surface area contributed by atoms with Crippen LogP contribution in [0.15, 0.2) is 42.5 Å². The van der Waals surface area contributed by atoms with Gasteiger partial charge in [0.05, 0.1) is 25.9 Å². The third-order valence-electron chi connectivity index (χ3n) is 4.26. The van der Waals surface area contributed by atoms with E-state index in [0.29, 0.717) is 28.8 Å². The number of rotatable bonds is 5. The SMILES string of the molecule is COc1ccc(NC(=O)NC2CC(=O)N(c3ccc(Cl)cc3)C2)c(OC)c1. The van der Waals surface area contributed by atoms with Gasteiger partial charge in [0.15, 0.2) is 0 Å². The van der Waals surface area contributed by atoms with E-state index in [1.54, 1.807) is 54.5 Å². The highest BCUT2D eigenvalue weighted by Gasteiger charge is 2.31. The average Bonchev–Trinajstić information content (AvgIpc) is 3.02. The fourth-order valence-electron chi connectivity index (χ4n) is 2.92. The Kier molecular flexibility index (Phi) is 5.71. The molecular formula is C19H20ClN3O4. The molecule has 1 fully saturated rings. The van der Waals surface area contributed by atoms with E-state index >= 15 is 0 Å². The predicted octanol–water partition coefficient (Wildman–Crippen LogP) is 3.28. The molecule has 142 valence electrons. The molecule has 1 atom stereocenters. The summed E-state index contributed by atoms with van der Waals surface area (Å²) >= 11 is 5.89. The lowest BCUT2D eigenvalue weighted by atomic mass is 10.2. The highest BCUT2D eigenvalue weighted by molar-refractivity contribution is 6.30. The van der Waals surface area contributed by atoms with Gasteiger partial charge >= 0.3 is 6.03 Å². The van der Waals surface area contributed by atoms with Gasteiger partial charge in [-0.05, 0) is 36.4 Å². The molecule has 0 spiro atoms. The fraction of sp³-hybridized carbons (Fsp3) is 0.263. The zero-order chi connectivity index (χ0) is 19.4. The van der Waals surface area contributed by atoms with Crippen molar-refractivity contribution < 1.29 is 19.1 Å². The van der Waals surface area contributed by atoms with Gasteiger partial charge in [0.25, 0.3) is 0 Å². The number of nitrogens with one attached hydrogen (secondary N) is 2. The Labute approximate surface area is 162 Å². The predicted molar refractivity (Wildman–Crippen MR) is 104 cm³/mol. The number of hydrogen-bond acceptors (Lipinski definition) is 4. The minimum Gasteiger partial charge on any atom is -0.497 e. The van der Waals surface area contributed by atoms with Gasteiger partial charge in [-0.2, -0.15) is 0 Å². The first-order valence-electron chi connectivity index (χ1n) is 8.35. The van der Waals surface area contributed by atoms with E-state index in [1.165, 1.54) is 7.11 Å². The largest absolute Gasteiger partial charge is 0.497 e. The number of amides is 3. The number of carbonyl (C=O) groups excluding carboxylic acids is 2. The molecule has 1 unspecified atom stereocenters. The van der Waals surface area contributed by atoms with Crippen molar-refractivity contribution in [1.29, 1.82) is 0 Å². The van der Waals surface area contributed by atoms with Crippen molar-refractivity contribution in [2.24, 2.45) is 0 Å². The zero-order valence-corrected chi connectivity index (χ0v) is 15.7. The molecule has 27 heavy (non-hydrogen) atoms. The van der Waals surface area contributed by atoms with Crippen LogP contribution in [0.2, 0.25) is 5.02 Å². The van der Waals surface area contributed by atoms with E-state index in [9.17, 15) is 9.59 Å². The summed E-state index contributed by atoms with van der Waals surface area (Å²) in [5.74, 6) is 1.05. The van der Waals surface area contributed by atoms with Crippen LogP contribution >= 0.6 is 11.6 Å². The standard InChI is InChI=1S/C19H20ClN3O4/c1-26-15-7-8-16(17(10-15)27-2)22-19(25)21-13-9-18(24)23(11-13)14-5-3-12(20)4-6-14/h3-8,10,13H,9,11H2,1-2H3,(H2,21,22,25). The number of ether oxygens (including phenoxy) is 2. The van der Waals surface area contributed by atoms with Crippen LogP contribution in [0.25, 0.3) is 0 Å². The van der Waals surface area contributed by atoms with E-state index in [1.807, 2.05) is 0 Å². The van der Waals surface area contributed by atoms with Gasteiger partial charge in [0.1, 0.15) is 11.5 Å². The van der Waals surface area contributed by atoms with Crippen molar-refractivity contribution in [1.82, 2.24) is 5.32 Å². The fourth-order valence-corrected chi connectivity index (χ4v) is 3.05. The minimum atomic E-state index is -0.408. The highest BCUT2D eigenvalue weighted by atomic mass is 35.5. The summed E-state index contributed by atoms with van der Waals surface area (Å²) in [5.41, 5.74) is 1.26. The molecule has 1 aliphatic rings. The topological polar surface area (TPSA) is 79.9 Å². The van der Waals surface area contributed by atoms with E-state index in [2.05, 4.69) is 10.6 Å². The Balaban J connectivity index is 1.62.